The highest BCUT2D eigenvalue weighted by Gasteiger charge is 2.39. The Morgan fingerprint density at radius 2 is 2.06 bits per heavy atom. The smallest absolute Gasteiger partial charge is 0.175 e. The molecule has 0 aliphatic carbocycles. The molecular weight excluding hydrogens is 233 g/mol. The number of nitrogens with zero attached hydrogens (tertiary/aromatic N) is 4. The highest BCUT2D eigenvalue weighted by molar-refractivity contribution is 5.31. The number of benzene rings is 1. The average molecular weight is 247 g/mol. The fourth-order valence-electron chi connectivity index (χ4n) is 2.36. The van der Waals surface area contributed by atoms with Crippen LogP contribution in [0.5, 0.6) is 0 Å². The third-order valence-electron chi connectivity index (χ3n) is 3.43. The van der Waals surface area contributed by atoms with Crippen LogP contribution in [0.4, 0.5) is 4.39 Å². The molecule has 1 fully saturated rings. The third kappa shape index (κ3) is 1.88. The van der Waals surface area contributed by atoms with Crippen LogP contribution >= 0.6 is 0 Å². The SMILES string of the molecule is Cn1nnc(CC2(c3ccc(F)cc3)CNC2)n1. The van der Waals surface area contributed by atoms with Crippen LogP contribution in [0.3, 0.4) is 0 Å². The minimum atomic E-state index is -0.209. The van der Waals surface area contributed by atoms with Gasteiger partial charge in [-0.25, -0.2) is 4.39 Å². The molecule has 18 heavy (non-hydrogen) atoms. The Labute approximate surface area is 104 Å². The summed E-state index contributed by atoms with van der Waals surface area (Å²) in [6, 6.07) is 6.68. The Morgan fingerprint density at radius 3 is 2.56 bits per heavy atom. The molecule has 0 bridgehead atoms. The van der Waals surface area contributed by atoms with Crippen LogP contribution in [-0.2, 0) is 18.9 Å². The number of halogens is 1. The van der Waals surface area contributed by atoms with Crippen molar-refractivity contribution in [3.05, 3.63) is 41.5 Å². The first-order chi connectivity index (χ1) is 8.68. The number of hydrogen-bond donors (Lipinski definition) is 1. The monoisotopic (exact) mass is 247 g/mol. The average Bonchev–Trinajstić information content (AvgIpc) is 2.71. The lowest BCUT2D eigenvalue weighted by molar-refractivity contribution is 0.269. The molecule has 1 aromatic heterocycles. The van der Waals surface area contributed by atoms with Crippen LogP contribution in [-0.4, -0.2) is 33.3 Å². The number of rotatable bonds is 3. The molecule has 2 aromatic rings. The van der Waals surface area contributed by atoms with Crippen molar-refractivity contribution in [2.75, 3.05) is 13.1 Å². The first kappa shape index (κ1) is 11.3. The highest BCUT2D eigenvalue weighted by atomic mass is 19.1. The zero-order chi connectivity index (χ0) is 12.6. The maximum atomic E-state index is 13.0. The minimum Gasteiger partial charge on any atom is -0.315 e. The van der Waals surface area contributed by atoms with Crippen molar-refractivity contribution in [2.45, 2.75) is 11.8 Å². The van der Waals surface area contributed by atoms with E-state index in [0.717, 1.165) is 30.9 Å². The summed E-state index contributed by atoms with van der Waals surface area (Å²) in [7, 11) is 1.75. The molecule has 5 nitrogen and oxygen atoms in total. The summed E-state index contributed by atoms with van der Waals surface area (Å²) in [4.78, 5) is 1.46. The van der Waals surface area contributed by atoms with Gasteiger partial charge < -0.3 is 5.32 Å². The van der Waals surface area contributed by atoms with E-state index in [1.54, 1.807) is 7.05 Å². The van der Waals surface area contributed by atoms with Gasteiger partial charge in [-0.3, -0.25) is 0 Å². The van der Waals surface area contributed by atoms with Crippen LogP contribution < -0.4 is 5.32 Å². The van der Waals surface area contributed by atoms with E-state index in [1.807, 2.05) is 12.1 Å². The molecule has 2 heterocycles. The molecule has 0 amide bonds. The Morgan fingerprint density at radius 1 is 1.33 bits per heavy atom. The molecular formula is C12H14FN5. The molecule has 1 aromatic carbocycles. The van der Waals surface area contributed by atoms with Gasteiger partial charge in [-0.1, -0.05) is 12.1 Å². The Bertz CT molecular complexity index is 544. The molecule has 0 unspecified atom stereocenters. The number of aromatic nitrogens is 4. The summed E-state index contributed by atoms with van der Waals surface area (Å²) in [6.45, 7) is 1.72. The van der Waals surface area contributed by atoms with Gasteiger partial charge in [0.05, 0.1) is 7.05 Å². The third-order valence-corrected chi connectivity index (χ3v) is 3.43. The van der Waals surface area contributed by atoms with Crippen molar-refractivity contribution in [3.63, 3.8) is 0 Å². The second-order valence-electron chi connectivity index (χ2n) is 4.76. The fraction of sp³-hybridized carbons (Fsp3) is 0.417. The molecule has 0 saturated carbocycles. The summed E-state index contributed by atoms with van der Waals surface area (Å²) in [5.74, 6) is 0.516. The van der Waals surface area contributed by atoms with E-state index in [9.17, 15) is 4.39 Å². The minimum absolute atomic E-state index is 0.0310. The van der Waals surface area contributed by atoms with E-state index < -0.39 is 0 Å². The van der Waals surface area contributed by atoms with E-state index in [0.29, 0.717) is 0 Å². The van der Waals surface area contributed by atoms with Gasteiger partial charge in [0, 0.05) is 24.9 Å². The Hall–Kier alpha value is -1.82. The van der Waals surface area contributed by atoms with Crippen molar-refractivity contribution in [2.24, 2.45) is 7.05 Å². The molecule has 1 aliphatic heterocycles. The number of tetrazole rings is 1. The highest BCUT2D eigenvalue weighted by Crippen LogP contribution is 2.31. The predicted octanol–water partition coefficient (Wildman–Crippen LogP) is 0.433. The van der Waals surface area contributed by atoms with Crippen LogP contribution in [0.15, 0.2) is 24.3 Å². The topological polar surface area (TPSA) is 55.6 Å². The molecule has 1 saturated heterocycles. The standard InChI is InChI=1S/C12H14FN5/c1-18-16-11(15-17-18)6-12(7-14-8-12)9-2-4-10(13)5-3-9/h2-5,14H,6-8H2,1H3. The second-order valence-corrected chi connectivity index (χ2v) is 4.76. The van der Waals surface area contributed by atoms with Crippen molar-refractivity contribution in [3.8, 4) is 0 Å². The number of hydrogen-bond acceptors (Lipinski definition) is 4. The van der Waals surface area contributed by atoms with Crippen molar-refractivity contribution >= 4 is 0 Å². The molecule has 0 atom stereocenters. The van der Waals surface area contributed by atoms with E-state index in [-0.39, 0.29) is 11.2 Å². The molecule has 6 heteroatoms. The van der Waals surface area contributed by atoms with E-state index in [4.69, 9.17) is 0 Å². The van der Waals surface area contributed by atoms with Gasteiger partial charge in [0.25, 0.3) is 0 Å². The molecule has 1 aliphatic rings. The summed E-state index contributed by atoms with van der Waals surface area (Å²) >= 11 is 0. The van der Waals surface area contributed by atoms with E-state index in [2.05, 4.69) is 20.7 Å². The fourth-order valence-corrected chi connectivity index (χ4v) is 2.36. The van der Waals surface area contributed by atoms with Crippen molar-refractivity contribution in [1.29, 1.82) is 0 Å². The lowest BCUT2D eigenvalue weighted by atomic mass is 9.72. The summed E-state index contributed by atoms with van der Waals surface area (Å²) in [5.41, 5.74) is 1.09. The summed E-state index contributed by atoms with van der Waals surface area (Å²) in [6.07, 6.45) is 0.722. The maximum Gasteiger partial charge on any atom is 0.175 e. The first-order valence-corrected chi connectivity index (χ1v) is 5.88. The summed E-state index contributed by atoms with van der Waals surface area (Å²) in [5, 5.41) is 15.3. The van der Waals surface area contributed by atoms with Crippen LogP contribution in [0.1, 0.15) is 11.4 Å². The molecule has 3 rings (SSSR count). The predicted molar refractivity (Wildman–Crippen MR) is 63.4 cm³/mol. The van der Waals surface area contributed by atoms with Gasteiger partial charge in [-0.15, -0.1) is 10.2 Å². The van der Waals surface area contributed by atoms with Gasteiger partial charge in [-0.05, 0) is 22.9 Å². The van der Waals surface area contributed by atoms with Crippen molar-refractivity contribution < 1.29 is 4.39 Å². The normalized spacial score (nSPS) is 17.4. The quantitative estimate of drug-likeness (QED) is 0.854. The molecule has 94 valence electrons. The van der Waals surface area contributed by atoms with Crippen LogP contribution in [0.25, 0.3) is 0 Å². The number of aryl methyl sites for hydroxylation is 1. The Kier molecular flexibility index (Phi) is 2.59. The van der Waals surface area contributed by atoms with E-state index in [1.165, 1.54) is 16.9 Å². The number of nitrogens with one attached hydrogen (secondary N) is 1. The largest absolute Gasteiger partial charge is 0.315 e. The first-order valence-electron chi connectivity index (χ1n) is 5.88. The van der Waals surface area contributed by atoms with Crippen molar-refractivity contribution in [1.82, 2.24) is 25.5 Å². The Balaban J connectivity index is 1.88. The molecule has 0 radical (unpaired) electrons. The lowest BCUT2D eigenvalue weighted by Crippen LogP contribution is -2.58. The van der Waals surface area contributed by atoms with Gasteiger partial charge in [0.15, 0.2) is 5.82 Å². The summed E-state index contributed by atoms with van der Waals surface area (Å²) < 4.78 is 13.0. The van der Waals surface area contributed by atoms with Gasteiger partial charge in [0.2, 0.25) is 0 Å². The van der Waals surface area contributed by atoms with Crippen LogP contribution in [0.2, 0.25) is 0 Å². The zero-order valence-corrected chi connectivity index (χ0v) is 10.1. The maximum absolute atomic E-state index is 13.0. The van der Waals surface area contributed by atoms with Crippen LogP contribution in [0, 0.1) is 5.82 Å². The van der Waals surface area contributed by atoms with Gasteiger partial charge >= 0.3 is 0 Å². The lowest BCUT2D eigenvalue weighted by Gasteiger charge is -2.42. The zero-order valence-electron chi connectivity index (χ0n) is 10.1. The molecule has 0 spiro atoms. The van der Waals surface area contributed by atoms with Gasteiger partial charge in [-0.2, -0.15) is 4.80 Å². The molecule has 1 N–H and O–H groups in total. The second kappa shape index (κ2) is 4.13. The van der Waals surface area contributed by atoms with E-state index >= 15 is 0 Å². The van der Waals surface area contributed by atoms with Gasteiger partial charge in [0.1, 0.15) is 5.82 Å².